The first-order chi connectivity index (χ1) is 13.2. The standard InChI is InChI=1S/C21H27FN4O/c1-2-9-24-10-12-25(13-11-24)21(27)17-5-8-20-23-14-19(26(20)15-17)16-3-6-18(22)7-4-16/h3-4,6-7,14,17H,2,5,8-13,15H2,1H3. The Hall–Kier alpha value is -2.21. The molecule has 1 aromatic heterocycles. The van der Waals surface area contributed by atoms with Crippen LogP contribution >= 0.6 is 0 Å². The van der Waals surface area contributed by atoms with Gasteiger partial charge >= 0.3 is 0 Å². The fourth-order valence-electron chi connectivity index (χ4n) is 4.25. The first kappa shape index (κ1) is 18.2. The van der Waals surface area contributed by atoms with Crippen LogP contribution in [0.1, 0.15) is 25.6 Å². The number of aryl methyl sites for hydroxylation is 1. The van der Waals surface area contributed by atoms with Crippen molar-refractivity contribution < 1.29 is 9.18 Å². The van der Waals surface area contributed by atoms with Crippen LogP contribution in [0.5, 0.6) is 0 Å². The van der Waals surface area contributed by atoms with E-state index in [1.807, 2.05) is 11.1 Å². The van der Waals surface area contributed by atoms with E-state index in [2.05, 4.69) is 21.4 Å². The Morgan fingerprint density at radius 2 is 1.93 bits per heavy atom. The number of amides is 1. The molecule has 1 atom stereocenters. The van der Waals surface area contributed by atoms with E-state index >= 15 is 0 Å². The lowest BCUT2D eigenvalue weighted by Gasteiger charge is -2.37. The quantitative estimate of drug-likeness (QED) is 0.831. The number of rotatable bonds is 4. The van der Waals surface area contributed by atoms with Crippen LogP contribution in [-0.2, 0) is 17.8 Å². The summed E-state index contributed by atoms with van der Waals surface area (Å²) in [5.41, 5.74) is 1.91. The maximum Gasteiger partial charge on any atom is 0.227 e. The van der Waals surface area contributed by atoms with Crippen molar-refractivity contribution in [3.05, 3.63) is 42.1 Å². The second-order valence-electron chi connectivity index (χ2n) is 7.58. The van der Waals surface area contributed by atoms with Crippen LogP contribution < -0.4 is 0 Å². The Kier molecular flexibility index (Phi) is 5.25. The van der Waals surface area contributed by atoms with Crippen LogP contribution in [-0.4, -0.2) is 58.0 Å². The molecule has 1 unspecified atom stereocenters. The van der Waals surface area contributed by atoms with Gasteiger partial charge < -0.3 is 9.47 Å². The molecule has 2 aliphatic heterocycles. The third-order valence-corrected chi connectivity index (χ3v) is 5.77. The van der Waals surface area contributed by atoms with Crippen molar-refractivity contribution in [2.45, 2.75) is 32.7 Å². The summed E-state index contributed by atoms with van der Waals surface area (Å²) < 4.78 is 15.4. The number of aromatic nitrogens is 2. The van der Waals surface area contributed by atoms with Crippen LogP contribution in [0.2, 0.25) is 0 Å². The molecule has 6 heteroatoms. The maximum atomic E-state index is 13.2. The number of hydrogen-bond acceptors (Lipinski definition) is 3. The molecule has 3 heterocycles. The summed E-state index contributed by atoms with van der Waals surface area (Å²) in [4.78, 5) is 22.1. The van der Waals surface area contributed by atoms with Crippen molar-refractivity contribution in [2.75, 3.05) is 32.7 Å². The Balaban J connectivity index is 1.46. The SMILES string of the molecule is CCCN1CCN(C(=O)C2CCc3ncc(-c4ccc(F)cc4)n3C2)CC1. The van der Waals surface area contributed by atoms with Crippen molar-refractivity contribution in [1.29, 1.82) is 0 Å². The molecule has 1 fully saturated rings. The smallest absolute Gasteiger partial charge is 0.227 e. The van der Waals surface area contributed by atoms with Crippen LogP contribution in [0.4, 0.5) is 4.39 Å². The Bertz CT molecular complexity index is 793. The van der Waals surface area contributed by atoms with Gasteiger partial charge in [0.25, 0.3) is 0 Å². The molecular formula is C21H27FN4O. The lowest BCUT2D eigenvalue weighted by atomic mass is 9.97. The Labute approximate surface area is 159 Å². The van der Waals surface area contributed by atoms with E-state index in [0.29, 0.717) is 6.54 Å². The van der Waals surface area contributed by atoms with Gasteiger partial charge in [0, 0.05) is 39.1 Å². The molecule has 0 radical (unpaired) electrons. The van der Waals surface area contributed by atoms with Gasteiger partial charge in [0.1, 0.15) is 11.6 Å². The first-order valence-electron chi connectivity index (χ1n) is 9.97. The highest BCUT2D eigenvalue weighted by molar-refractivity contribution is 5.79. The second kappa shape index (κ2) is 7.80. The fourth-order valence-corrected chi connectivity index (χ4v) is 4.25. The molecule has 0 saturated carbocycles. The minimum absolute atomic E-state index is 0.00336. The summed E-state index contributed by atoms with van der Waals surface area (Å²) in [6, 6.07) is 6.49. The summed E-state index contributed by atoms with van der Waals surface area (Å²) >= 11 is 0. The number of carbonyl (C=O) groups excluding carboxylic acids is 1. The molecule has 0 spiro atoms. The van der Waals surface area contributed by atoms with E-state index in [0.717, 1.165) is 69.1 Å². The molecule has 2 aliphatic rings. The van der Waals surface area contributed by atoms with Gasteiger partial charge in [-0.1, -0.05) is 6.92 Å². The van der Waals surface area contributed by atoms with Gasteiger partial charge in [-0.3, -0.25) is 9.69 Å². The number of imidazole rings is 1. The highest BCUT2D eigenvalue weighted by Crippen LogP contribution is 2.28. The minimum Gasteiger partial charge on any atom is -0.340 e. The number of hydrogen-bond donors (Lipinski definition) is 0. The Morgan fingerprint density at radius 1 is 1.19 bits per heavy atom. The topological polar surface area (TPSA) is 41.4 Å². The summed E-state index contributed by atoms with van der Waals surface area (Å²) in [6.45, 7) is 7.59. The molecule has 27 heavy (non-hydrogen) atoms. The number of halogens is 1. The largest absolute Gasteiger partial charge is 0.340 e. The van der Waals surface area contributed by atoms with E-state index in [4.69, 9.17) is 0 Å². The van der Waals surface area contributed by atoms with E-state index in [9.17, 15) is 9.18 Å². The van der Waals surface area contributed by atoms with E-state index in [1.165, 1.54) is 12.1 Å². The third kappa shape index (κ3) is 3.76. The summed E-state index contributed by atoms with van der Waals surface area (Å²) in [5.74, 6) is 1.05. The lowest BCUT2D eigenvalue weighted by molar-refractivity contribution is -0.138. The van der Waals surface area contributed by atoms with Gasteiger partial charge in [-0.15, -0.1) is 0 Å². The molecule has 144 valence electrons. The van der Waals surface area contributed by atoms with Crippen molar-refractivity contribution in [1.82, 2.24) is 19.4 Å². The van der Waals surface area contributed by atoms with Crippen molar-refractivity contribution in [3.8, 4) is 11.3 Å². The van der Waals surface area contributed by atoms with Gasteiger partial charge in [-0.05, 0) is 49.2 Å². The van der Waals surface area contributed by atoms with E-state index in [1.54, 1.807) is 12.1 Å². The highest BCUT2D eigenvalue weighted by Gasteiger charge is 2.31. The highest BCUT2D eigenvalue weighted by atomic mass is 19.1. The van der Waals surface area contributed by atoms with Crippen molar-refractivity contribution in [3.63, 3.8) is 0 Å². The summed E-state index contributed by atoms with van der Waals surface area (Å²) in [7, 11) is 0. The van der Waals surface area contributed by atoms with Gasteiger partial charge in [-0.2, -0.15) is 0 Å². The fraction of sp³-hybridized carbons (Fsp3) is 0.524. The predicted octanol–water partition coefficient (Wildman–Crippen LogP) is 2.81. The average Bonchev–Trinajstić information content (AvgIpc) is 3.12. The maximum absolute atomic E-state index is 13.2. The van der Waals surface area contributed by atoms with E-state index in [-0.39, 0.29) is 17.6 Å². The Morgan fingerprint density at radius 3 is 2.63 bits per heavy atom. The molecule has 0 aliphatic carbocycles. The molecule has 1 saturated heterocycles. The first-order valence-corrected chi connectivity index (χ1v) is 9.97. The zero-order valence-corrected chi connectivity index (χ0v) is 15.9. The molecule has 1 amide bonds. The van der Waals surface area contributed by atoms with Gasteiger partial charge in [0.2, 0.25) is 5.91 Å². The zero-order valence-electron chi connectivity index (χ0n) is 15.9. The molecule has 0 N–H and O–H groups in total. The van der Waals surface area contributed by atoms with Crippen LogP contribution in [0.25, 0.3) is 11.3 Å². The molecular weight excluding hydrogens is 343 g/mol. The number of carbonyl (C=O) groups is 1. The number of piperazine rings is 1. The van der Waals surface area contributed by atoms with Crippen LogP contribution in [0.15, 0.2) is 30.5 Å². The third-order valence-electron chi connectivity index (χ3n) is 5.77. The molecule has 1 aromatic carbocycles. The van der Waals surface area contributed by atoms with Crippen molar-refractivity contribution >= 4 is 5.91 Å². The minimum atomic E-state index is -0.243. The van der Waals surface area contributed by atoms with Crippen LogP contribution in [0.3, 0.4) is 0 Å². The molecule has 0 bridgehead atoms. The van der Waals surface area contributed by atoms with Gasteiger partial charge in [-0.25, -0.2) is 9.37 Å². The molecule has 2 aromatic rings. The summed E-state index contributed by atoms with van der Waals surface area (Å²) in [5, 5.41) is 0. The molecule has 5 nitrogen and oxygen atoms in total. The van der Waals surface area contributed by atoms with E-state index < -0.39 is 0 Å². The zero-order chi connectivity index (χ0) is 18.8. The number of nitrogens with zero attached hydrogens (tertiary/aromatic N) is 4. The lowest BCUT2D eigenvalue weighted by Crippen LogP contribution is -2.51. The second-order valence-corrected chi connectivity index (χ2v) is 7.58. The number of benzene rings is 1. The van der Waals surface area contributed by atoms with Gasteiger partial charge in [0.05, 0.1) is 17.8 Å². The summed E-state index contributed by atoms with van der Waals surface area (Å²) in [6.07, 6.45) is 4.67. The van der Waals surface area contributed by atoms with Crippen LogP contribution in [0, 0.1) is 11.7 Å². The predicted molar refractivity (Wildman–Crippen MR) is 103 cm³/mol. The normalized spacial score (nSPS) is 20.5. The van der Waals surface area contributed by atoms with Gasteiger partial charge in [0.15, 0.2) is 0 Å². The number of fused-ring (bicyclic) bond motifs is 1. The monoisotopic (exact) mass is 370 g/mol. The van der Waals surface area contributed by atoms with Crippen molar-refractivity contribution in [2.24, 2.45) is 5.92 Å². The molecule has 4 rings (SSSR count). The average molecular weight is 370 g/mol.